The maximum atomic E-state index is 6.97. The van der Waals surface area contributed by atoms with Crippen LogP contribution >= 0.6 is 23.2 Å². The summed E-state index contributed by atoms with van der Waals surface area (Å²) in [5.74, 6) is 11.9. The molecule has 0 bridgehead atoms. The van der Waals surface area contributed by atoms with E-state index in [1.54, 1.807) is 0 Å². The highest BCUT2D eigenvalue weighted by Crippen LogP contribution is 2.88. The molecule has 0 aliphatic heterocycles. The number of hydrogen-bond acceptors (Lipinski definition) is 0. The van der Waals surface area contributed by atoms with Gasteiger partial charge in [-0.15, -0.1) is 23.2 Å². The number of rotatable bonds is 0. The molecule has 0 spiro atoms. The Morgan fingerprint density at radius 1 is 0.444 bits per heavy atom. The first-order valence-electron chi connectivity index (χ1n) is 8.09. The predicted molar refractivity (Wildman–Crippen MR) is 70.4 cm³/mol. The van der Waals surface area contributed by atoms with Crippen molar-refractivity contribution in [3.05, 3.63) is 0 Å². The molecule has 7 fully saturated rings. The van der Waals surface area contributed by atoms with Crippen LogP contribution in [0.3, 0.4) is 0 Å². The lowest BCUT2D eigenvalue weighted by Gasteiger charge is -2.47. The Morgan fingerprint density at radius 3 is 1.33 bits per heavy atom. The molecule has 18 heavy (non-hydrogen) atoms. The van der Waals surface area contributed by atoms with Crippen LogP contribution in [0.5, 0.6) is 0 Å². The van der Waals surface area contributed by atoms with Crippen LogP contribution in [0.2, 0.25) is 0 Å². The van der Waals surface area contributed by atoms with E-state index in [1.807, 2.05) is 0 Å². The van der Waals surface area contributed by atoms with Gasteiger partial charge in [0.15, 0.2) is 0 Å². The average Bonchev–Trinajstić information content (AvgIpc) is 2.98. The molecule has 0 aromatic rings. The highest BCUT2D eigenvalue weighted by Gasteiger charge is 2.86. The highest BCUT2D eigenvalue weighted by atomic mass is 35.5. The Kier molecular flexibility index (Phi) is 1.28. The lowest BCUT2D eigenvalue weighted by Crippen LogP contribution is -2.47. The van der Waals surface area contributed by atoms with Crippen molar-refractivity contribution in [1.29, 1.82) is 0 Å². The minimum Gasteiger partial charge on any atom is -0.122 e. The van der Waals surface area contributed by atoms with Crippen LogP contribution in [-0.2, 0) is 0 Å². The molecule has 12 unspecified atom stereocenters. The minimum atomic E-state index is 0.511. The van der Waals surface area contributed by atoms with Crippen molar-refractivity contribution >= 4 is 23.2 Å². The fourth-order valence-corrected chi connectivity index (χ4v) is 11.0. The quantitative estimate of drug-likeness (QED) is 0.596. The van der Waals surface area contributed by atoms with Crippen molar-refractivity contribution in [3.8, 4) is 0 Å². The summed E-state index contributed by atoms with van der Waals surface area (Å²) in [5.41, 5.74) is 0. The van der Waals surface area contributed by atoms with E-state index >= 15 is 0 Å². The van der Waals surface area contributed by atoms with Crippen LogP contribution in [0.4, 0.5) is 0 Å². The molecular weight excluding hydrogens is 263 g/mol. The fourth-order valence-electron chi connectivity index (χ4n) is 9.60. The zero-order valence-electron chi connectivity index (χ0n) is 10.3. The van der Waals surface area contributed by atoms with E-state index in [4.69, 9.17) is 23.2 Å². The first kappa shape index (κ1) is 9.50. The second-order valence-corrected chi connectivity index (χ2v) is 9.58. The topological polar surface area (TPSA) is 0 Å². The summed E-state index contributed by atoms with van der Waals surface area (Å²) in [6.07, 6.45) is 3.00. The van der Waals surface area contributed by atoms with Crippen molar-refractivity contribution in [2.75, 3.05) is 0 Å². The van der Waals surface area contributed by atoms with Crippen molar-refractivity contribution in [1.82, 2.24) is 0 Å². The van der Waals surface area contributed by atoms with E-state index < -0.39 is 0 Å². The van der Waals surface area contributed by atoms with Crippen LogP contribution in [-0.4, -0.2) is 10.8 Å². The van der Waals surface area contributed by atoms with Gasteiger partial charge in [-0.05, 0) is 83.9 Å². The second kappa shape index (κ2) is 2.43. The summed E-state index contributed by atoms with van der Waals surface area (Å²) >= 11 is 13.9. The van der Waals surface area contributed by atoms with E-state index in [0.717, 1.165) is 71.0 Å². The predicted octanol–water partition coefficient (Wildman–Crippen LogP) is 3.47. The molecule has 0 aromatic heterocycles. The molecule has 0 heterocycles. The summed E-state index contributed by atoms with van der Waals surface area (Å²) in [5, 5.41) is 1.02. The van der Waals surface area contributed by atoms with E-state index in [9.17, 15) is 0 Å². The molecule has 0 N–H and O–H groups in total. The SMILES string of the molecule is ClC1C2C3CCC4C5C(Cl)C6C1C1C2C(C34)C5C61. The molecule has 7 saturated carbocycles. The molecule has 0 radical (unpaired) electrons. The standard InChI is InChI=1S/C16H18Cl2/c17-15-6-3-1-2-4-5(3)8-9(6)11-12-10(8)7(4)16(18)14(12)13(11)15/h3-16H,1-2H2. The summed E-state index contributed by atoms with van der Waals surface area (Å²) in [4.78, 5) is 0. The van der Waals surface area contributed by atoms with Gasteiger partial charge < -0.3 is 0 Å². The van der Waals surface area contributed by atoms with Crippen molar-refractivity contribution in [2.45, 2.75) is 23.6 Å². The molecule has 96 valence electrons. The van der Waals surface area contributed by atoms with E-state index in [-0.39, 0.29) is 0 Å². The van der Waals surface area contributed by atoms with Crippen LogP contribution in [0.15, 0.2) is 0 Å². The van der Waals surface area contributed by atoms with Crippen LogP contribution < -0.4 is 0 Å². The van der Waals surface area contributed by atoms with E-state index in [1.165, 1.54) is 12.8 Å². The van der Waals surface area contributed by atoms with Crippen LogP contribution in [0, 0.1) is 71.0 Å². The molecule has 0 nitrogen and oxygen atoms in total. The zero-order valence-corrected chi connectivity index (χ0v) is 11.8. The van der Waals surface area contributed by atoms with Crippen molar-refractivity contribution in [3.63, 3.8) is 0 Å². The largest absolute Gasteiger partial charge is 0.122 e. The second-order valence-electron chi connectivity index (χ2n) is 8.57. The third-order valence-corrected chi connectivity index (χ3v) is 10.3. The van der Waals surface area contributed by atoms with E-state index in [0.29, 0.717) is 10.8 Å². The van der Waals surface area contributed by atoms with Gasteiger partial charge in [0.25, 0.3) is 0 Å². The van der Waals surface area contributed by atoms with E-state index in [2.05, 4.69) is 0 Å². The summed E-state index contributed by atoms with van der Waals surface area (Å²) in [6.45, 7) is 0. The lowest BCUT2D eigenvalue weighted by atomic mass is 9.60. The lowest BCUT2D eigenvalue weighted by molar-refractivity contribution is 0.0287. The number of fused-ring (bicyclic) bond motifs is 3. The maximum Gasteiger partial charge on any atom is 0.0404 e. The third kappa shape index (κ3) is 0.605. The fraction of sp³-hybridized carbons (Fsp3) is 1.00. The first-order valence-corrected chi connectivity index (χ1v) is 8.96. The van der Waals surface area contributed by atoms with Gasteiger partial charge >= 0.3 is 0 Å². The number of alkyl halides is 2. The molecule has 2 heteroatoms. The monoisotopic (exact) mass is 280 g/mol. The molecule has 7 aliphatic rings. The Hall–Kier alpha value is 0.580. The average molecular weight is 281 g/mol. The molecule has 7 rings (SSSR count). The Labute approximate surface area is 118 Å². The van der Waals surface area contributed by atoms with Gasteiger partial charge in [-0.1, -0.05) is 0 Å². The van der Waals surface area contributed by atoms with Crippen LogP contribution in [0.25, 0.3) is 0 Å². The number of hydrogen-bond donors (Lipinski definition) is 0. The maximum absolute atomic E-state index is 6.97. The number of halogens is 2. The molecular formula is C16H18Cl2. The molecule has 0 saturated heterocycles. The van der Waals surface area contributed by atoms with Crippen molar-refractivity contribution in [2.24, 2.45) is 71.0 Å². The smallest absolute Gasteiger partial charge is 0.0404 e. The summed E-state index contributed by atoms with van der Waals surface area (Å²) in [7, 11) is 0. The molecule has 0 amide bonds. The minimum absolute atomic E-state index is 0.511. The van der Waals surface area contributed by atoms with Gasteiger partial charge in [-0.2, -0.15) is 0 Å². The Balaban J connectivity index is 1.58. The molecule has 12 atom stereocenters. The van der Waals surface area contributed by atoms with Gasteiger partial charge in [0.2, 0.25) is 0 Å². The van der Waals surface area contributed by atoms with Gasteiger partial charge in [0, 0.05) is 10.8 Å². The Bertz CT molecular complexity index is 431. The Morgan fingerprint density at radius 2 is 0.833 bits per heavy atom. The van der Waals surface area contributed by atoms with Gasteiger partial charge in [0.05, 0.1) is 0 Å². The summed E-state index contributed by atoms with van der Waals surface area (Å²) < 4.78 is 0. The molecule has 0 aromatic carbocycles. The third-order valence-electron chi connectivity index (χ3n) is 9.17. The van der Waals surface area contributed by atoms with Crippen molar-refractivity contribution < 1.29 is 0 Å². The zero-order chi connectivity index (χ0) is 11.5. The first-order chi connectivity index (χ1) is 8.80. The normalized spacial score (nSPS) is 87.0. The van der Waals surface area contributed by atoms with Crippen LogP contribution in [0.1, 0.15) is 12.8 Å². The van der Waals surface area contributed by atoms with Gasteiger partial charge in [0.1, 0.15) is 0 Å². The van der Waals surface area contributed by atoms with Gasteiger partial charge in [-0.25, -0.2) is 0 Å². The summed E-state index contributed by atoms with van der Waals surface area (Å²) in [6, 6.07) is 0. The van der Waals surface area contributed by atoms with Gasteiger partial charge in [-0.3, -0.25) is 0 Å². The molecule has 7 aliphatic carbocycles. The highest BCUT2D eigenvalue weighted by molar-refractivity contribution is 6.23.